The van der Waals surface area contributed by atoms with Gasteiger partial charge >= 0.3 is 6.18 Å². The molecule has 0 unspecified atom stereocenters. The fourth-order valence-corrected chi connectivity index (χ4v) is 5.82. The van der Waals surface area contributed by atoms with Crippen LogP contribution in [0.5, 0.6) is 5.75 Å². The summed E-state index contributed by atoms with van der Waals surface area (Å²) in [6, 6.07) is 9.98. The van der Waals surface area contributed by atoms with Gasteiger partial charge in [-0.15, -0.1) is 11.3 Å². The average molecular weight is 590 g/mol. The minimum Gasteiger partial charge on any atom is -0.477 e. The van der Waals surface area contributed by atoms with Crippen LogP contribution in [0.4, 0.5) is 34.6 Å². The zero-order chi connectivity index (χ0) is 29.4. The number of hydrogen-bond donors (Lipinski definition) is 4. The average Bonchev–Trinajstić information content (AvgIpc) is 3.27. The third-order valence-corrected chi connectivity index (χ3v) is 7.83. The van der Waals surface area contributed by atoms with E-state index in [1.807, 2.05) is 12.1 Å². The Morgan fingerprint density at radius 3 is 2.63 bits per heavy atom. The van der Waals surface area contributed by atoms with Gasteiger partial charge in [-0.05, 0) is 50.0 Å². The molecule has 7 nitrogen and oxygen atoms in total. The first kappa shape index (κ1) is 30.3. The number of nitrogens with one attached hydrogen (secondary N) is 3. The van der Waals surface area contributed by atoms with Crippen molar-refractivity contribution in [3.05, 3.63) is 46.6 Å². The number of piperidine rings is 1. The summed E-state index contributed by atoms with van der Waals surface area (Å²) in [5.74, 6) is 5.33. The maximum Gasteiger partial charge on any atom is 0.393 e. The number of aliphatic hydroxyl groups excluding tert-OH is 1. The van der Waals surface area contributed by atoms with Gasteiger partial charge in [-0.3, -0.25) is 0 Å². The van der Waals surface area contributed by atoms with E-state index in [1.54, 1.807) is 12.1 Å². The number of nitrogens with zero attached hydrogens (tertiary/aromatic N) is 2. The largest absolute Gasteiger partial charge is 0.477 e. The van der Waals surface area contributed by atoms with E-state index in [2.05, 4.69) is 39.7 Å². The van der Waals surface area contributed by atoms with Crippen LogP contribution in [0.2, 0.25) is 0 Å². The summed E-state index contributed by atoms with van der Waals surface area (Å²) in [5, 5.41) is 27.6. The molecule has 0 bridgehead atoms. The maximum absolute atomic E-state index is 14.5. The molecule has 0 spiro atoms. The number of fused-ring (bicyclic) bond motifs is 1. The molecule has 3 aromatic rings. The van der Waals surface area contributed by atoms with Crippen molar-refractivity contribution >= 4 is 38.5 Å². The highest BCUT2D eigenvalue weighted by atomic mass is 32.1. The topological polar surface area (TPSA) is 92.6 Å². The van der Waals surface area contributed by atoms with Gasteiger partial charge in [0.1, 0.15) is 17.6 Å². The number of ether oxygens (including phenoxy) is 1. The summed E-state index contributed by atoms with van der Waals surface area (Å²) in [6.07, 6.45) is -3.60. The number of anilines is 3. The van der Waals surface area contributed by atoms with Crippen molar-refractivity contribution in [1.29, 1.82) is 5.26 Å². The lowest BCUT2D eigenvalue weighted by atomic mass is 10.0. The molecule has 0 atom stereocenters. The van der Waals surface area contributed by atoms with Crippen LogP contribution in [0.25, 0.3) is 10.1 Å². The van der Waals surface area contributed by atoms with Crippen LogP contribution in [0.3, 0.4) is 0 Å². The number of likely N-dealkylation sites (tertiary alicyclic amines) is 1. The molecule has 1 aliphatic heterocycles. The molecule has 1 aliphatic rings. The van der Waals surface area contributed by atoms with Crippen LogP contribution in [0.1, 0.15) is 23.3 Å². The van der Waals surface area contributed by atoms with E-state index in [9.17, 15) is 17.6 Å². The smallest absolute Gasteiger partial charge is 0.393 e. The highest BCUT2D eigenvalue weighted by molar-refractivity contribution is 7.20. The molecule has 2 aromatic carbocycles. The number of hydrogen-bond acceptors (Lipinski definition) is 8. The first-order valence-corrected chi connectivity index (χ1v) is 14.0. The molecule has 218 valence electrons. The number of nitriles is 1. The molecule has 1 fully saturated rings. The van der Waals surface area contributed by atoms with Gasteiger partial charge in [-0.1, -0.05) is 24.0 Å². The zero-order valence-electron chi connectivity index (χ0n) is 22.5. The number of benzene rings is 2. The Labute approximate surface area is 240 Å². The minimum absolute atomic E-state index is 0.00777. The van der Waals surface area contributed by atoms with Crippen molar-refractivity contribution in [2.24, 2.45) is 0 Å². The quantitative estimate of drug-likeness (QED) is 0.185. The Morgan fingerprint density at radius 1 is 1.15 bits per heavy atom. The predicted molar refractivity (Wildman–Crippen MR) is 154 cm³/mol. The summed E-state index contributed by atoms with van der Waals surface area (Å²) in [4.78, 5) is 2.58. The lowest BCUT2D eigenvalue weighted by molar-refractivity contribution is -0.126. The Morgan fingerprint density at radius 2 is 1.93 bits per heavy atom. The van der Waals surface area contributed by atoms with Crippen molar-refractivity contribution in [3.63, 3.8) is 0 Å². The molecule has 0 radical (unpaired) electrons. The summed E-state index contributed by atoms with van der Waals surface area (Å²) in [7, 11) is 2.07. The monoisotopic (exact) mass is 589 g/mol. The highest BCUT2D eigenvalue weighted by Gasteiger charge is 2.31. The zero-order valence-corrected chi connectivity index (χ0v) is 23.3. The van der Waals surface area contributed by atoms with E-state index in [0.29, 0.717) is 10.3 Å². The van der Waals surface area contributed by atoms with Crippen LogP contribution in [-0.2, 0) is 6.42 Å². The molecule has 0 amide bonds. The summed E-state index contributed by atoms with van der Waals surface area (Å²) < 4.78 is 61.4. The predicted octanol–water partition coefficient (Wildman–Crippen LogP) is 5.42. The number of rotatable bonds is 10. The van der Waals surface area contributed by atoms with E-state index >= 15 is 0 Å². The third kappa shape index (κ3) is 8.17. The summed E-state index contributed by atoms with van der Waals surface area (Å²) >= 11 is 1.23. The second kappa shape index (κ2) is 13.8. The first-order chi connectivity index (χ1) is 19.7. The second-order valence-electron chi connectivity index (χ2n) is 9.69. The Balaban J connectivity index is 1.58. The van der Waals surface area contributed by atoms with Crippen molar-refractivity contribution in [3.8, 4) is 23.7 Å². The van der Waals surface area contributed by atoms with Crippen LogP contribution in [-0.4, -0.2) is 68.7 Å². The van der Waals surface area contributed by atoms with Gasteiger partial charge in [-0.25, -0.2) is 4.39 Å². The second-order valence-corrected chi connectivity index (χ2v) is 10.7. The van der Waals surface area contributed by atoms with E-state index in [-0.39, 0.29) is 55.0 Å². The van der Waals surface area contributed by atoms with Crippen LogP contribution < -0.4 is 20.7 Å². The molecule has 0 aliphatic carbocycles. The van der Waals surface area contributed by atoms with Gasteiger partial charge < -0.3 is 30.7 Å². The van der Waals surface area contributed by atoms with Crippen molar-refractivity contribution < 1.29 is 27.4 Å². The molecular weight excluding hydrogens is 558 g/mol. The fraction of sp³-hybridized carbons (Fsp3) is 0.414. The number of aliphatic hydroxyl groups is 1. The van der Waals surface area contributed by atoms with Crippen LogP contribution in [0, 0.1) is 29.0 Å². The molecule has 1 saturated heterocycles. The standard InChI is InChI=1S/C29H31F4N5O2S/c1-38-12-7-19(8-13-38)37-23-5-2-4-20-21(18-29(31,32)33)27(41-28(20)23)6-3-10-35-25-16-22(30)24(36-11-14-39)17-26(25)40-15-9-34/h2,4-5,16-17,19,35-37,39H,7-8,10-15,18H2,1H3. The number of alkyl halides is 3. The number of thiophene rings is 1. The SMILES string of the molecule is CN1CCC(Nc2cccc3c(CC(F)(F)F)c(C#CCNc4cc(F)c(NCCO)cc4OCC#N)sc23)CC1. The van der Waals surface area contributed by atoms with Gasteiger partial charge in [0.25, 0.3) is 0 Å². The van der Waals surface area contributed by atoms with Gasteiger partial charge in [0.15, 0.2) is 6.61 Å². The van der Waals surface area contributed by atoms with E-state index < -0.39 is 18.4 Å². The lowest BCUT2D eigenvalue weighted by Crippen LogP contribution is -2.36. The molecule has 0 saturated carbocycles. The maximum atomic E-state index is 14.5. The lowest BCUT2D eigenvalue weighted by Gasteiger charge is -2.30. The third-order valence-electron chi connectivity index (χ3n) is 6.63. The van der Waals surface area contributed by atoms with Gasteiger partial charge in [-0.2, -0.15) is 18.4 Å². The molecule has 4 rings (SSSR count). The first-order valence-electron chi connectivity index (χ1n) is 13.2. The van der Waals surface area contributed by atoms with Crippen molar-refractivity contribution in [1.82, 2.24) is 4.90 Å². The minimum atomic E-state index is -4.41. The Hall–Kier alpha value is -3.71. The molecular formula is C29H31F4N5O2S. The molecule has 4 N–H and O–H groups in total. The fourth-order valence-electron chi connectivity index (χ4n) is 4.64. The van der Waals surface area contributed by atoms with Gasteiger partial charge in [0, 0.05) is 24.7 Å². The molecule has 1 aromatic heterocycles. The van der Waals surface area contributed by atoms with E-state index in [0.717, 1.165) is 36.3 Å². The molecule has 12 heteroatoms. The van der Waals surface area contributed by atoms with Gasteiger partial charge in [0.2, 0.25) is 0 Å². The summed E-state index contributed by atoms with van der Waals surface area (Å²) in [6.45, 7) is 1.55. The van der Waals surface area contributed by atoms with E-state index in [4.69, 9.17) is 15.1 Å². The van der Waals surface area contributed by atoms with Crippen LogP contribution >= 0.6 is 11.3 Å². The van der Waals surface area contributed by atoms with Crippen LogP contribution in [0.15, 0.2) is 30.3 Å². The number of halogens is 4. The normalized spacial score (nSPS) is 14.3. The summed E-state index contributed by atoms with van der Waals surface area (Å²) in [5.41, 5.74) is 1.27. The Bertz CT molecular complexity index is 1450. The molecule has 41 heavy (non-hydrogen) atoms. The Kier molecular flexibility index (Phi) is 10.2. The van der Waals surface area contributed by atoms with Gasteiger partial charge in [0.05, 0.1) is 46.2 Å². The molecule has 2 heterocycles. The van der Waals surface area contributed by atoms with Crippen molar-refractivity contribution in [2.75, 3.05) is 62.4 Å². The van der Waals surface area contributed by atoms with Crippen molar-refractivity contribution in [2.45, 2.75) is 31.5 Å². The highest BCUT2D eigenvalue weighted by Crippen LogP contribution is 2.39. The van der Waals surface area contributed by atoms with E-state index in [1.165, 1.54) is 23.5 Å².